The molecule has 0 aromatic carbocycles. The summed E-state index contributed by atoms with van der Waals surface area (Å²) in [5.41, 5.74) is 4.04. The van der Waals surface area contributed by atoms with Crippen LogP contribution in [0.25, 0.3) is 11.4 Å². The van der Waals surface area contributed by atoms with Crippen molar-refractivity contribution in [2.75, 3.05) is 13.1 Å². The summed E-state index contributed by atoms with van der Waals surface area (Å²) in [7, 11) is 0. The lowest BCUT2D eigenvalue weighted by Gasteiger charge is -2.32. The topological polar surface area (TPSA) is 76.8 Å². The van der Waals surface area contributed by atoms with Gasteiger partial charge < -0.3 is 4.90 Å². The van der Waals surface area contributed by atoms with Gasteiger partial charge in [-0.25, -0.2) is 9.97 Å². The van der Waals surface area contributed by atoms with E-state index in [9.17, 15) is 4.79 Å². The molecule has 1 aliphatic heterocycles. The zero-order chi connectivity index (χ0) is 20.2. The van der Waals surface area contributed by atoms with E-state index in [1.54, 1.807) is 12.4 Å². The van der Waals surface area contributed by atoms with E-state index in [0.29, 0.717) is 25.3 Å². The highest BCUT2D eigenvalue weighted by Crippen LogP contribution is 2.27. The molecule has 3 aromatic heterocycles. The van der Waals surface area contributed by atoms with Crippen molar-refractivity contribution in [1.82, 2.24) is 29.6 Å². The molecule has 0 aliphatic carbocycles. The lowest BCUT2D eigenvalue weighted by Crippen LogP contribution is -2.39. The number of aryl methyl sites for hydroxylation is 3. The first-order chi connectivity index (χ1) is 14.1. The number of rotatable bonds is 5. The summed E-state index contributed by atoms with van der Waals surface area (Å²) in [4.78, 5) is 28.0. The van der Waals surface area contributed by atoms with E-state index in [1.165, 1.54) is 0 Å². The number of amides is 1. The summed E-state index contributed by atoms with van der Waals surface area (Å²) in [6, 6.07) is 7.83. The standard InChI is InChI=1S/C22H26N6O/c1-16-14-17(2)28(26-16)13-8-21(29)27-12-3-4-19(15-27)20-7-11-24-22(25-20)18-5-9-23-10-6-18/h5-7,9-11,14,19H,3-4,8,12-13,15H2,1-2H3. The van der Waals surface area contributed by atoms with E-state index in [0.717, 1.165) is 42.0 Å². The van der Waals surface area contributed by atoms with Crippen molar-refractivity contribution in [3.8, 4) is 11.4 Å². The molecule has 0 bridgehead atoms. The number of likely N-dealkylation sites (tertiary alicyclic amines) is 1. The largest absolute Gasteiger partial charge is 0.342 e. The van der Waals surface area contributed by atoms with Gasteiger partial charge in [0.25, 0.3) is 0 Å². The fourth-order valence-corrected chi connectivity index (χ4v) is 3.95. The van der Waals surface area contributed by atoms with E-state index in [-0.39, 0.29) is 11.8 Å². The molecule has 1 aliphatic rings. The summed E-state index contributed by atoms with van der Waals surface area (Å²) in [6.07, 6.45) is 7.80. The Kier molecular flexibility index (Phi) is 5.64. The molecule has 150 valence electrons. The minimum absolute atomic E-state index is 0.186. The quantitative estimate of drug-likeness (QED) is 0.669. The fraction of sp³-hybridized carbons (Fsp3) is 0.409. The van der Waals surface area contributed by atoms with Crippen molar-refractivity contribution in [2.24, 2.45) is 0 Å². The maximum absolute atomic E-state index is 12.8. The van der Waals surface area contributed by atoms with Crippen molar-refractivity contribution < 1.29 is 4.79 Å². The third kappa shape index (κ3) is 4.50. The molecule has 29 heavy (non-hydrogen) atoms. The average molecular weight is 390 g/mol. The van der Waals surface area contributed by atoms with Gasteiger partial charge >= 0.3 is 0 Å². The zero-order valence-electron chi connectivity index (χ0n) is 17.0. The van der Waals surface area contributed by atoms with Gasteiger partial charge in [-0.15, -0.1) is 0 Å². The SMILES string of the molecule is Cc1cc(C)n(CCC(=O)N2CCCC(c3ccnc(-c4ccncc4)n3)C2)n1. The Balaban J connectivity index is 1.42. The first kappa shape index (κ1) is 19.2. The summed E-state index contributed by atoms with van der Waals surface area (Å²) in [5.74, 6) is 1.13. The van der Waals surface area contributed by atoms with Crippen LogP contribution in [0.5, 0.6) is 0 Å². The molecule has 7 heteroatoms. The van der Waals surface area contributed by atoms with E-state index >= 15 is 0 Å². The number of pyridine rings is 1. The Hall–Kier alpha value is -3.09. The second-order valence-electron chi connectivity index (χ2n) is 7.62. The van der Waals surface area contributed by atoms with E-state index < -0.39 is 0 Å². The summed E-state index contributed by atoms with van der Waals surface area (Å²) in [5, 5.41) is 4.45. The Morgan fingerprint density at radius 3 is 2.76 bits per heavy atom. The lowest BCUT2D eigenvalue weighted by molar-refractivity contribution is -0.132. The van der Waals surface area contributed by atoms with Crippen LogP contribution in [0.1, 0.15) is 42.3 Å². The summed E-state index contributed by atoms with van der Waals surface area (Å²) in [6.45, 7) is 6.15. The van der Waals surface area contributed by atoms with Crippen LogP contribution >= 0.6 is 0 Å². The normalized spacial score (nSPS) is 16.8. The highest BCUT2D eigenvalue weighted by Gasteiger charge is 2.26. The fourth-order valence-electron chi connectivity index (χ4n) is 3.95. The number of carbonyl (C=O) groups excluding carboxylic acids is 1. The molecule has 0 N–H and O–H groups in total. The van der Waals surface area contributed by atoms with Crippen LogP contribution in [0, 0.1) is 13.8 Å². The molecule has 0 saturated carbocycles. The van der Waals surface area contributed by atoms with Gasteiger partial charge in [0.15, 0.2) is 5.82 Å². The second-order valence-corrected chi connectivity index (χ2v) is 7.62. The van der Waals surface area contributed by atoms with Crippen LogP contribution in [0.3, 0.4) is 0 Å². The minimum atomic E-state index is 0.186. The molecule has 1 saturated heterocycles. The number of hydrogen-bond acceptors (Lipinski definition) is 5. The number of nitrogens with zero attached hydrogens (tertiary/aromatic N) is 6. The Morgan fingerprint density at radius 1 is 1.17 bits per heavy atom. The Bertz CT molecular complexity index is 984. The molecule has 0 radical (unpaired) electrons. The number of hydrogen-bond donors (Lipinski definition) is 0. The maximum atomic E-state index is 12.8. The highest BCUT2D eigenvalue weighted by molar-refractivity contribution is 5.76. The van der Waals surface area contributed by atoms with Gasteiger partial charge in [0.1, 0.15) is 0 Å². The van der Waals surface area contributed by atoms with Crippen LogP contribution in [-0.2, 0) is 11.3 Å². The van der Waals surface area contributed by atoms with E-state index in [4.69, 9.17) is 4.98 Å². The van der Waals surface area contributed by atoms with Crippen LogP contribution < -0.4 is 0 Å². The van der Waals surface area contributed by atoms with Crippen LogP contribution in [0.4, 0.5) is 0 Å². The average Bonchev–Trinajstić information content (AvgIpc) is 3.09. The Morgan fingerprint density at radius 2 is 2.00 bits per heavy atom. The summed E-state index contributed by atoms with van der Waals surface area (Å²) < 4.78 is 1.92. The number of piperidine rings is 1. The Labute approximate surface area is 170 Å². The smallest absolute Gasteiger partial charge is 0.224 e. The summed E-state index contributed by atoms with van der Waals surface area (Å²) >= 11 is 0. The van der Waals surface area contributed by atoms with Gasteiger partial charge in [0.2, 0.25) is 5.91 Å². The van der Waals surface area contributed by atoms with Crippen LogP contribution in [-0.4, -0.2) is 48.6 Å². The van der Waals surface area contributed by atoms with Crippen molar-refractivity contribution in [2.45, 2.75) is 45.6 Å². The predicted molar refractivity (Wildman–Crippen MR) is 110 cm³/mol. The lowest BCUT2D eigenvalue weighted by atomic mass is 9.94. The number of aromatic nitrogens is 5. The molecule has 1 atom stereocenters. The zero-order valence-corrected chi connectivity index (χ0v) is 17.0. The van der Waals surface area contributed by atoms with Crippen LogP contribution in [0.15, 0.2) is 42.9 Å². The van der Waals surface area contributed by atoms with Gasteiger partial charge in [0.05, 0.1) is 5.69 Å². The molecule has 4 heterocycles. The third-order valence-electron chi connectivity index (χ3n) is 5.45. The molecule has 1 unspecified atom stereocenters. The monoisotopic (exact) mass is 390 g/mol. The molecule has 3 aromatic rings. The van der Waals surface area contributed by atoms with Gasteiger partial charge in [0, 0.05) is 67.5 Å². The first-order valence-electron chi connectivity index (χ1n) is 10.1. The molecular formula is C22H26N6O. The van der Waals surface area contributed by atoms with Gasteiger partial charge in [-0.1, -0.05) is 0 Å². The molecule has 0 spiro atoms. The van der Waals surface area contributed by atoms with Crippen LogP contribution in [0.2, 0.25) is 0 Å². The van der Waals surface area contributed by atoms with Gasteiger partial charge in [-0.2, -0.15) is 5.10 Å². The molecular weight excluding hydrogens is 364 g/mol. The van der Waals surface area contributed by atoms with Crippen molar-refractivity contribution in [3.05, 3.63) is 59.9 Å². The molecule has 4 rings (SSSR count). The maximum Gasteiger partial charge on any atom is 0.224 e. The van der Waals surface area contributed by atoms with Crippen molar-refractivity contribution >= 4 is 5.91 Å². The molecule has 1 fully saturated rings. The highest BCUT2D eigenvalue weighted by atomic mass is 16.2. The van der Waals surface area contributed by atoms with Gasteiger partial charge in [-0.05, 0) is 51.0 Å². The predicted octanol–water partition coefficient (Wildman–Crippen LogP) is 3.15. The number of carbonyl (C=O) groups is 1. The second kappa shape index (κ2) is 8.51. The van der Waals surface area contributed by atoms with Gasteiger partial charge in [-0.3, -0.25) is 14.5 Å². The molecule has 7 nitrogen and oxygen atoms in total. The minimum Gasteiger partial charge on any atom is -0.342 e. The van der Waals surface area contributed by atoms with Crippen molar-refractivity contribution in [1.29, 1.82) is 0 Å². The molecule has 1 amide bonds. The first-order valence-corrected chi connectivity index (χ1v) is 10.1. The van der Waals surface area contributed by atoms with Crippen molar-refractivity contribution in [3.63, 3.8) is 0 Å². The third-order valence-corrected chi connectivity index (χ3v) is 5.45. The van der Waals surface area contributed by atoms with E-state index in [1.807, 2.05) is 53.9 Å². The van der Waals surface area contributed by atoms with E-state index in [2.05, 4.69) is 15.1 Å².